The number of nitrogens with two attached hydrogens (primary N) is 1. The molecule has 0 radical (unpaired) electrons. The number of nitrogens with zero attached hydrogens (tertiary/aromatic N) is 1. The minimum absolute atomic E-state index is 0.0378. The Kier molecular flexibility index (Phi) is 5.31. The molecular weight excluding hydrogens is 248 g/mol. The first-order chi connectivity index (χ1) is 8.43. The third-order valence-electron chi connectivity index (χ3n) is 2.79. The molecule has 0 atom stereocenters. The van der Waals surface area contributed by atoms with E-state index in [1.165, 1.54) is 4.31 Å². The van der Waals surface area contributed by atoms with Crippen LogP contribution in [0.3, 0.4) is 0 Å². The van der Waals surface area contributed by atoms with Gasteiger partial charge in [-0.25, -0.2) is 8.42 Å². The highest BCUT2D eigenvalue weighted by molar-refractivity contribution is 7.89. The van der Waals surface area contributed by atoms with Gasteiger partial charge in [0.1, 0.15) is 0 Å². The van der Waals surface area contributed by atoms with Crippen LogP contribution in [0.2, 0.25) is 0 Å². The Bertz CT molecular complexity index is 466. The van der Waals surface area contributed by atoms with Gasteiger partial charge in [-0.1, -0.05) is 19.1 Å². The molecule has 0 heterocycles. The Morgan fingerprint density at radius 1 is 1.22 bits per heavy atom. The zero-order valence-electron chi connectivity index (χ0n) is 11.3. The molecule has 0 aliphatic carbocycles. The zero-order valence-corrected chi connectivity index (χ0v) is 12.1. The van der Waals surface area contributed by atoms with Crippen LogP contribution in [0.4, 0.5) is 0 Å². The van der Waals surface area contributed by atoms with Crippen molar-refractivity contribution in [1.82, 2.24) is 4.31 Å². The maximum absolute atomic E-state index is 12.5. The minimum Gasteiger partial charge on any atom is -0.326 e. The van der Waals surface area contributed by atoms with Crippen LogP contribution in [0, 0.1) is 0 Å². The first-order valence-electron chi connectivity index (χ1n) is 6.24. The highest BCUT2D eigenvalue weighted by Crippen LogP contribution is 2.19. The lowest BCUT2D eigenvalue weighted by Crippen LogP contribution is -2.37. The van der Waals surface area contributed by atoms with E-state index in [2.05, 4.69) is 0 Å². The zero-order chi connectivity index (χ0) is 13.8. The highest BCUT2D eigenvalue weighted by Gasteiger charge is 2.25. The van der Waals surface area contributed by atoms with Crippen LogP contribution in [-0.4, -0.2) is 25.3 Å². The standard InChI is InChI=1S/C13H22N2O2S/c1-4-9-15(11(2)3)18(16,17)13-7-5-12(10-14)6-8-13/h5-8,11H,4,9-10,14H2,1-3H3. The second-order valence-corrected chi connectivity index (χ2v) is 6.45. The normalized spacial score (nSPS) is 12.3. The average molecular weight is 270 g/mol. The van der Waals surface area contributed by atoms with Crippen LogP contribution in [0.25, 0.3) is 0 Å². The van der Waals surface area contributed by atoms with Crippen molar-refractivity contribution in [2.75, 3.05) is 6.54 Å². The van der Waals surface area contributed by atoms with Gasteiger partial charge in [-0.2, -0.15) is 4.31 Å². The summed E-state index contributed by atoms with van der Waals surface area (Å²) in [5.41, 5.74) is 6.44. The minimum atomic E-state index is -3.39. The Hall–Kier alpha value is -0.910. The van der Waals surface area contributed by atoms with Crippen LogP contribution >= 0.6 is 0 Å². The molecule has 1 rings (SSSR count). The van der Waals surface area contributed by atoms with Gasteiger partial charge in [0.2, 0.25) is 10.0 Å². The van der Waals surface area contributed by atoms with Crippen molar-refractivity contribution in [3.63, 3.8) is 0 Å². The quantitative estimate of drug-likeness (QED) is 0.859. The summed E-state index contributed by atoms with van der Waals surface area (Å²) in [7, 11) is -3.39. The lowest BCUT2D eigenvalue weighted by Gasteiger charge is -2.25. The van der Waals surface area contributed by atoms with E-state index in [1.54, 1.807) is 24.3 Å². The molecule has 0 aromatic heterocycles. The molecule has 0 aliphatic rings. The van der Waals surface area contributed by atoms with Gasteiger partial charge in [0.15, 0.2) is 0 Å². The van der Waals surface area contributed by atoms with E-state index in [-0.39, 0.29) is 6.04 Å². The fourth-order valence-electron chi connectivity index (χ4n) is 1.81. The van der Waals surface area contributed by atoms with Crippen molar-refractivity contribution in [3.05, 3.63) is 29.8 Å². The van der Waals surface area contributed by atoms with E-state index in [4.69, 9.17) is 5.73 Å². The molecule has 0 saturated carbocycles. The van der Waals surface area contributed by atoms with Gasteiger partial charge in [0.05, 0.1) is 4.90 Å². The van der Waals surface area contributed by atoms with E-state index >= 15 is 0 Å². The van der Waals surface area contributed by atoms with Crippen molar-refractivity contribution >= 4 is 10.0 Å². The van der Waals surface area contributed by atoms with E-state index < -0.39 is 10.0 Å². The average Bonchev–Trinajstić information content (AvgIpc) is 2.35. The number of hydrogen-bond donors (Lipinski definition) is 1. The summed E-state index contributed by atoms with van der Waals surface area (Å²) < 4.78 is 26.4. The number of sulfonamides is 1. The summed E-state index contributed by atoms with van der Waals surface area (Å²) >= 11 is 0. The largest absolute Gasteiger partial charge is 0.326 e. The van der Waals surface area contributed by atoms with Crippen LogP contribution in [0.5, 0.6) is 0 Å². The van der Waals surface area contributed by atoms with Crippen molar-refractivity contribution in [2.45, 2.75) is 44.7 Å². The van der Waals surface area contributed by atoms with Crippen LogP contribution < -0.4 is 5.73 Å². The van der Waals surface area contributed by atoms with Crippen LogP contribution in [0.1, 0.15) is 32.8 Å². The Balaban J connectivity index is 3.09. The lowest BCUT2D eigenvalue weighted by atomic mass is 10.2. The molecule has 0 fully saturated rings. The first kappa shape index (κ1) is 15.1. The molecule has 0 amide bonds. The third-order valence-corrected chi connectivity index (χ3v) is 4.88. The van der Waals surface area contributed by atoms with Gasteiger partial charge in [-0.15, -0.1) is 0 Å². The lowest BCUT2D eigenvalue weighted by molar-refractivity contribution is 0.354. The van der Waals surface area contributed by atoms with Crippen molar-refractivity contribution in [3.8, 4) is 0 Å². The molecule has 0 bridgehead atoms. The Morgan fingerprint density at radius 2 is 1.78 bits per heavy atom. The first-order valence-corrected chi connectivity index (χ1v) is 7.68. The summed E-state index contributed by atoms with van der Waals surface area (Å²) in [6.45, 7) is 6.72. The molecule has 2 N–H and O–H groups in total. The molecule has 5 heteroatoms. The van der Waals surface area contributed by atoms with Gasteiger partial charge in [-0.3, -0.25) is 0 Å². The summed E-state index contributed by atoms with van der Waals surface area (Å²) in [5, 5.41) is 0. The molecule has 0 unspecified atom stereocenters. The fraction of sp³-hybridized carbons (Fsp3) is 0.538. The van der Waals surface area contributed by atoms with Gasteiger partial charge in [0.25, 0.3) is 0 Å². The van der Waals surface area contributed by atoms with Crippen molar-refractivity contribution in [2.24, 2.45) is 5.73 Å². The highest BCUT2D eigenvalue weighted by atomic mass is 32.2. The van der Waals surface area contributed by atoms with E-state index in [1.807, 2.05) is 20.8 Å². The molecule has 1 aromatic rings. The van der Waals surface area contributed by atoms with Crippen molar-refractivity contribution in [1.29, 1.82) is 0 Å². The van der Waals surface area contributed by atoms with Crippen LogP contribution in [0.15, 0.2) is 29.2 Å². The van der Waals surface area contributed by atoms with Crippen molar-refractivity contribution < 1.29 is 8.42 Å². The molecule has 102 valence electrons. The van der Waals surface area contributed by atoms with Gasteiger partial charge >= 0.3 is 0 Å². The van der Waals surface area contributed by atoms with Crippen LogP contribution in [-0.2, 0) is 16.6 Å². The molecule has 4 nitrogen and oxygen atoms in total. The summed E-state index contributed by atoms with van der Waals surface area (Å²) in [6.07, 6.45) is 0.804. The summed E-state index contributed by atoms with van der Waals surface area (Å²) in [5.74, 6) is 0. The van der Waals surface area contributed by atoms with E-state index in [9.17, 15) is 8.42 Å². The molecule has 0 aliphatic heterocycles. The maximum atomic E-state index is 12.5. The van der Waals surface area contributed by atoms with Gasteiger partial charge in [0, 0.05) is 19.1 Å². The van der Waals surface area contributed by atoms with E-state index in [0.29, 0.717) is 18.0 Å². The molecule has 18 heavy (non-hydrogen) atoms. The summed E-state index contributed by atoms with van der Waals surface area (Å²) in [6, 6.07) is 6.74. The number of benzene rings is 1. The smallest absolute Gasteiger partial charge is 0.243 e. The molecular formula is C13H22N2O2S. The molecule has 1 aromatic carbocycles. The molecule has 0 saturated heterocycles. The Labute approximate surface area is 110 Å². The van der Waals surface area contributed by atoms with Gasteiger partial charge < -0.3 is 5.73 Å². The monoisotopic (exact) mass is 270 g/mol. The second-order valence-electron chi connectivity index (χ2n) is 4.56. The number of hydrogen-bond acceptors (Lipinski definition) is 3. The topological polar surface area (TPSA) is 63.4 Å². The summed E-state index contributed by atoms with van der Waals surface area (Å²) in [4.78, 5) is 0.335. The number of rotatable bonds is 6. The predicted octanol–water partition coefficient (Wildman–Crippen LogP) is 1.95. The third kappa shape index (κ3) is 3.31. The SMILES string of the molecule is CCCN(C(C)C)S(=O)(=O)c1ccc(CN)cc1. The molecule has 0 spiro atoms. The van der Waals surface area contributed by atoms with Gasteiger partial charge in [-0.05, 0) is 38.0 Å². The van der Waals surface area contributed by atoms with E-state index in [0.717, 1.165) is 12.0 Å². The fourth-order valence-corrected chi connectivity index (χ4v) is 3.54. The maximum Gasteiger partial charge on any atom is 0.243 e. The predicted molar refractivity (Wildman–Crippen MR) is 73.7 cm³/mol. The second kappa shape index (κ2) is 6.31. The Morgan fingerprint density at radius 3 is 2.17 bits per heavy atom.